The van der Waals surface area contributed by atoms with E-state index in [9.17, 15) is 0 Å². The van der Waals surface area contributed by atoms with Gasteiger partial charge in [0.05, 0.1) is 0 Å². The zero-order valence-electron chi connectivity index (χ0n) is 11.4. The monoisotopic (exact) mass is 340 g/mol. The molecule has 2 saturated heterocycles. The Morgan fingerprint density at radius 2 is 2.32 bits per heavy atom. The number of thioether (sulfide) groups is 1. The molecule has 1 spiro atoms. The molecule has 0 radical (unpaired) electrons. The number of nitrogens with one attached hydrogen (secondary N) is 1. The average molecular weight is 341 g/mol. The van der Waals surface area contributed by atoms with Gasteiger partial charge in [0.2, 0.25) is 0 Å². The quantitative estimate of drug-likeness (QED) is 0.849. The number of hydrogen-bond donors (Lipinski definition) is 1. The maximum Gasteiger partial charge on any atom is 0.0245 e. The Hall–Kier alpha value is -0.0300. The minimum atomic E-state index is 0.578. The standard InChI is InChI=1S/C15H21BrN2S/c1-19-14-8-13(16)3-2-12(14)9-18-7-5-15(11-18)4-6-17-10-15/h2-3,8,17H,4-7,9-11H2,1H3. The van der Waals surface area contributed by atoms with Crippen LogP contribution in [0.25, 0.3) is 0 Å². The molecule has 1 N–H and O–H groups in total. The lowest BCUT2D eigenvalue weighted by Crippen LogP contribution is -2.29. The number of nitrogens with zero attached hydrogens (tertiary/aromatic N) is 1. The van der Waals surface area contributed by atoms with E-state index in [0.29, 0.717) is 5.41 Å². The van der Waals surface area contributed by atoms with Crippen LogP contribution in [0.1, 0.15) is 18.4 Å². The van der Waals surface area contributed by atoms with Crippen LogP contribution in [0.3, 0.4) is 0 Å². The molecule has 0 aromatic heterocycles. The minimum absolute atomic E-state index is 0.578. The summed E-state index contributed by atoms with van der Waals surface area (Å²) in [6, 6.07) is 6.68. The van der Waals surface area contributed by atoms with Gasteiger partial charge in [-0.05, 0) is 55.3 Å². The zero-order chi connectivity index (χ0) is 13.3. The molecule has 2 nitrogen and oxygen atoms in total. The molecule has 3 rings (SSSR count). The second kappa shape index (κ2) is 5.76. The van der Waals surface area contributed by atoms with Gasteiger partial charge < -0.3 is 5.32 Å². The van der Waals surface area contributed by atoms with Gasteiger partial charge in [0.25, 0.3) is 0 Å². The van der Waals surface area contributed by atoms with E-state index >= 15 is 0 Å². The molecule has 1 aromatic carbocycles. The SMILES string of the molecule is CSc1cc(Br)ccc1CN1CCC2(CCNC2)C1. The maximum absolute atomic E-state index is 3.56. The normalized spacial score (nSPS) is 27.5. The molecule has 2 heterocycles. The number of halogens is 1. The van der Waals surface area contributed by atoms with Crippen molar-refractivity contribution >= 4 is 27.7 Å². The minimum Gasteiger partial charge on any atom is -0.316 e. The van der Waals surface area contributed by atoms with E-state index in [2.05, 4.69) is 50.6 Å². The molecule has 1 atom stereocenters. The lowest BCUT2D eigenvalue weighted by atomic mass is 9.86. The van der Waals surface area contributed by atoms with E-state index in [1.807, 2.05) is 11.8 Å². The Labute approximate surface area is 128 Å². The Morgan fingerprint density at radius 3 is 3.05 bits per heavy atom. The summed E-state index contributed by atoms with van der Waals surface area (Å²) in [5.74, 6) is 0. The first kappa shape index (κ1) is 13.9. The van der Waals surface area contributed by atoms with Gasteiger partial charge in [-0.15, -0.1) is 11.8 Å². The lowest BCUT2D eigenvalue weighted by Gasteiger charge is -2.23. The smallest absolute Gasteiger partial charge is 0.0245 e. The first-order chi connectivity index (χ1) is 9.21. The Bertz CT molecular complexity index is 457. The highest BCUT2D eigenvalue weighted by Crippen LogP contribution is 2.37. The predicted octanol–water partition coefficient (Wildman–Crippen LogP) is 3.36. The van der Waals surface area contributed by atoms with Crippen LogP contribution in [0, 0.1) is 5.41 Å². The summed E-state index contributed by atoms with van der Waals surface area (Å²) < 4.78 is 1.18. The maximum atomic E-state index is 3.56. The largest absolute Gasteiger partial charge is 0.316 e. The van der Waals surface area contributed by atoms with Crippen molar-refractivity contribution in [3.05, 3.63) is 28.2 Å². The van der Waals surface area contributed by atoms with Crippen LogP contribution in [0.2, 0.25) is 0 Å². The molecular formula is C15H21BrN2S. The number of rotatable bonds is 3. The third kappa shape index (κ3) is 3.02. The zero-order valence-corrected chi connectivity index (χ0v) is 13.8. The molecule has 104 valence electrons. The summed E-state index contributed by atoms with van der Waals surface area (Å²) in [4.78, 5) is 4.04. The second-order valence-corrected chi connectivity index (χ2v) is 7.61. The summed E-state index contributed by atoms with van der Waals surface area (Å²) in [5.41, 5.74) is 2.05. The highest BCUT2D eigenvalue weighted by atomic mass is 79.9. The molecule has 0 bridgehead atoms. The van der Waals surface area contributed by atoms with Gasteiger partial charge in [0.1, 0.15) is 0 Å². The van der Waals surface area contributed by atoms with Crippen LogP contribution in [-0.4, -0.2) is 37.3 Å². The van der Waals surface area contributed by atoms with Crippen molar-refractivity contribution in [3.63, 3.8) is 0 Å². The Balaban J connectivity index is 1.69. The van der Waals surface area contributed by atoms with Gasteiger partial charge in [-0.2, -0.15) is 0 Å². The van der Waals surface area contributed by atoms with Crippen molar-refractivity contribution in [1.82, 2.24) is 10.2 Å². The Kier molecular flexibility index (Phi) is 4.22. The molecule has 2 fully saturated rings. The van der Waals surface area contributed by atoms with Crippen molar-refractivity contribution in [2.75, 3.05) is 32.4 Å². The molecule has 2 aliphatic rings. The topological polar surface area (TPSA) is 15.3 Å². The van der Waals surface area contributed by atoms with Gasteiger partial charge in [0, 0.05) is 29.0 Å². The molecule has 1 aromatic rings. The van der Waals surface area contributed by atoms with Crippen LogP contribution in [0.15, 0.2) is 27.6 Å². The van der Waals surface area contributed by atoms with Crippen molar-refractivity contribution in [1.29, 1.82) is 0 Å². The van der Waals surface area contributed by atoms with Crippen LogP contribution >= 0.6 is 27.7 Å². The summed E-state index contributed by atoms with van der Waals surface area (Å²) >= 11 is 5.41. The summed E-state index contributed by atoms with van der Waals surface area (Å²) in [6.07, 6.45) is 4.89. The molecule has 4 heteroatoms. The van der Waals surface area contributed by atoms with Crippen molar-refractivity contribution in [3.8, 4) is 0 Å². The highest BCUT2D eigenvalue weighted by molar-refractivity contribution is 9.10. The van der Waals surface area contributed by atoms with Crippen LogP contribution in [0.4, 0.5) is 0 Å². The Morgan fingerprint density at radius 1 is 1.42 bits per heavy atom. The summed E-state index contributed by atoms with van der Waals surface area (Å²) in [5, 5.41) is 3.53. The summed E-state index contributed by atoms with van der Waals surface area (Å²) in [6.45, 7) is 6.06. The van der Waals surface area contributed by atoms with Crippen LogP contribution in [-0.2, 0) is 6.54 Å². The van der Waals surface area contributed by atoms with E-state index in [4.69, 9.17) is 0 Å². The first-order valence-corrected chi connectivity index (χ1v) is 8.98. The van der Waals surface area contributed by atoms with E-state index in [1.165, 1.54) is 54.0 Å². The number of benzene rings is 1. The molecule has 1 unspecified atom stereocenters. The average Bonchev–Trinajstić information content (AvgIpc) is 3.03. The molecular weight excluding hydrogens is 320 g/mol. The fraction of sp³-hybridized carbons (Fsp3) is 0.600. The predicted molar refractivity (Wildman–Crippen MR) is 85.7 cm³/mol. The van der Waals surface area contributed by atoms with Gasteiger partial charge >= 0.3 is 0 Å². The van der Waals surface area contributed by atoms with Crippen molar-refractivity contribution in [2.24, 2.45) is 5.41 Å². The molecule has 0 amide bonds. The van der Waals surface area contributed by atoms with E-state index < -0.39 is 0 Å². The lowest BCUT2D eigenvalue weighted by molar-refractivity contribution is 0.267. The van der Waals surface area contributed by atoms with Gasteiger partial charge in [-0.25, -0.2) is 0 Å². The fourth-order valence-corrected chi connectivity index (χ4v) is 4.55. The molecule has 2 aliphatic heterocycles. The number of likely N-dealkylation sites (tertiary alicyclic amines) is 1. The van der Waals surface area contributed by atoms with Crippen molar-refractivity contribution < 1.29 is 0 Å². The molecule has 0 aliphatic carbocycles. The molecule has 19 heavy (non-hydrogen) atoms. The van der Waals surface area contributed by atoms with E-state index in [0.717, 1.165) is 6.54 Å². The third-order valence-corrected chi connectivity index (χ3v) is 5.81. The van der Waals surface area contributed by atoms with E-state index in [-0.39, 0.29) is 0 Å². The van der Waals surface area contributed by atoms with Crippen LogP contribution in [0.5, 0.6) is 0 Å². The van der Waals surface area contributed by atoms with Gasteiger partial charge in [0.15, 0.2) is 0 Å². The number of hydrogen-bond acceptors (Lipinski definition) is 3. The van der Waals surface area contributed by atoms with Crippen LogP contribution < -0.4 is 5.32 Å². The third-order valence-electron chi connectivity index (χ3n) is 4.49. The summed E-state index contributed by atoms with van der Waals surface area (Å²) in [7, 11) is 0. The van der Waals surface area contributed by atoms with Gasteiger partial charge in [-0.3, -0.25) is 4.90 Å². The highest BCUT2D eigenvalue weighted by Gasteiger charge is 2.40. The van der Waals surface area contributed by atoms with Gasteiger partial charge in [-0.1, -0.05) is 22.0 Å². The first-order valence-electron chi connectivity index (χ1n) is 6.96. The fourth-order valence-electron chi connectivity index (χ4n) is 3.40. The van der Waals surface area contributed by atoms with E-state index in [1.54, 1.807) is 0 Å². The van der Waals surface area contributed by atoms with Crippen molar-refractivity contribution in [2.45, 2.75) is 24.3 Å². The second-order valence-electron chi connectivity index (χ2n) is 5.84. The molecule has 0 saturated carbocycles.